The fourth-order valence-corrected chi connectivity index (χ4v) is 18.7. The van der Waals surface area contributed by atoms with Gasteiger partial charge in [-0.3, -0.25) is 43.3 Å². The topological polar surface area (TPSA) is 667 Å². The van der Waals surface area contributed by atoms with Gasteiger partial charge in [0.1, 0.15) is 95.5 Å². The molecule has 0 radical (unpaired) electrons. The highest BCUT2D eigenvalue weighted by molar-refractivity contribution is 6.32. The zero-order chi connectivity index (χ0) is 106. The first-order valence-electron chi connectivity index (χ1n) is 48.0. The molecule has 796 valence electrons. The van der Waals surface area contributed by atoms with Gasteiger partial charge in [-0.2, -0.15) is 0 Å². The summed E-state index contributed by atoms with van der Waals surface area (Å²) < 4.78 is 63.7. The molecule has 22 atom stereocenters. The second kappa shape index (κ2) is 49.9. The molecular weight excluding hydrogens is 1980 g/mol. The number of phenolic OH excluding ortho intramolecular Hbond substituents is 3. The Balaban J connectivity index is 0.931. The smallest absolute Gasteiger partial charge is 0.413 e. The lowest BCUT2D eigenvalue weighted by Crippen LogP contribution is -2.65. The van der Waals surface area contributed by atoms with Crippen LogP contribution in [0.3, 0.4) is 0 Å². The molecule has 0 unspecified atom stereocenters. The molecule has 26 N–H and O–H groups in total. The number of carbonyl (C=O) groups is 10. The zero-order valence-electron chi connectivity index (χ0n) is 81.4. The maximum atomic E-state index is 16.8. The fraction of sp³-hybridized carbons (Fsp3) is 0.480. The third kappa shape index (κ3) is 27.8. The second-order valence-corrected chi connectivity index (χ2v) is 39.2. The maximum absolute atomic E-state index is 16.8. The van der Waals surface area contributed by atoms with E-state index in [-0.39, 0.29) is 43.5 Å². The van der Waals surface area contributed by atoms with Crippen LogP contribution in [0.25, 0.3) is 22.3 Å². The highest BCUT2D eigenvalue weighted by atomic mass is 35.5. The number of benzene rings is 7. The Morgan fingerprint density at radius 3 is 1.83 bits per heavy atom. The van der Waals surface area contributed by atoms with E-state index in [1.165, 1.54) is 26.0 Å². The minimum absolute atomic E-state index is 0.166. The summed E-state index contributed by atoms with van der Waals surface area (Å²) in [5.74, 6) is -18.5. The van der Waals surface area contributed by atoms with Crippen molar-refractivity contribution in [3.8, 4) is 68.2 Å². The predicted molar refractivity (Wildman–Crippen MR) is 528 cm³/mol. The number of unbranched alkanes of at least 4 members (excludes halogenated alkanes) is 1. The first-order valence-corrected chi connectivity index (χ1v) is 49.1. The summed E-state index contributed by atoms with van der Waals surface area (Å²) >= 11 is 21.0. The van der Waals surface area contributed by atoms with E-state index in [9.17, 15) is 70.2 Å². The van der Waals surface area contributed by atoms with Gasteiger partial charge in [-0.15, -0.1) is 0 Å². The third-order valence-corrected chi connectivity index (χ3v) is 27.0. The summed E-state index contributed by atoms with van der Waals surface area (Å²) in [6, 6.07) is 12.7. The molecule has 8 aliphatic rings. The molecule has 3 saturated heterocycles. The number of rotatable bonds is 35. The van der Waals surface area contributed by atoms with Crippen molar-refractivity contribution in [3.63, 3.8) is 0 Å². The summed E-state index contributed by atoms with van der Waals surface area (Å²) in [6.45, 7) is 11.7. The maximum Gasteiger partial charge on any atom is 0.413 e. The normalized spacial score (nSPS) is 27.0. The number of nitrogens with one attached hydrogen (secondary N) is 10. The number of phenols is 3. The summed E-state index contributed by atoms with van der Waals surface area (Å²) in [7, 11) is 1.16. The average Bonchev–Trinajstić information content (AvgIpc) is 0.761. The summed E-state index contributed by atoms with van der Waals surface area (Å²) in [6.07, 6.45) is -21.9. The van der Waals surface area contributed by atoms with Gasteiger partial charge in [-0.25, -0.2) is 9.59 Å². The van der Waals surface area contributed by atoms with Crippen LogP contribution in [0.4, 0.5) is 4.79 Å². The minimum atomic E-state index is -2.49. The lowest BCUT2D eigenvalue weighted by molar-refractivity contribution is -0.334. The SMILES string of the molecule is CC(C)C[C@H](C(=O)N[C@H]1C(=O)N[C@@H](CC(N)=O)C(=O)N[C@H]2C(=O)N[C@H]3C(=O)N[C@H](C(=O)N[C@H](C(=O)O)c4cc(O)cc(O)c4-c4cc3ccc4O)[C@H](O[C@H]3C[C@](C)(N)[C@@H](O)[C@H](C)O3)c3ccc(c(Cl)c3)Oc3cc2cc(c3O[C@@H]2O[C@H](CO)[C@@H](O)[C@H](O)[C@H]2O[C@H]2C[C@](C)(NCc3ccc(-c4ccc(Cl)cc4)cc3)[C@@H](O)[C@H](C)O2)Oc2ccc(cc2Cl)[C@H]1O)N(C)C(=O)OCOC(=O)CNCCCNCCCCNCCCN. The lowest BCUT2D eigenvalue weighted by Gasteiger charge is -2.48. The highest BCUT2D eigenvalue weighted by Gasteiger charge is 2.54. The Kier molecular flexibility index (Phi) is 38.1. The van der Waals surface area contributed by atoms with E-state index in [2.05, 4.69) is 53.2 Å². The number of hydrogen-bond donors (Lipinski definition) is 23. The number of nitrogens with two attached hydrogens (primary N) is 3. The number of hydrogen-bond acceptors (Lipinski definition) is 35. The molecule has 3 fully saturated rings. The number of carboxylic acid groups (broad SMARTS) is 1. The number of carbonyl (C=O) groups excluding carboxylic acids is 9. The van der Waals surface area contributed by atoms with E-state index < -0.39 is 302 Å². The van der Waals surface area contributed by atoms with Crippen molar-refractivity contribution in [2.45, 2.75) is 233 Å². The summed E-state index contributed by atoms with van der Waals surface area (Å²) in [4.78, 5) is 151. The van der Waals surface area contributed by atoms with Crippen molar-refractivity contribution in [3.05, 3.63) is 176 Å². The fourth-order valence-electron chi connectivity index (χ4n) is 18.2. The van der Waals surface area contributed by atoms with E-state index in [0.717, 1.165) is 134 Å². The standard InChI is InChI=1S/C100H125Cl3N14O30/c1-47(2)32-64(117(7)98(137)139-46-138-73(123)44-109-31-11-30-108-28-9-8-27-107-29-10-26-104)91(130)115-80-82(124)54-19-24-67(61(102)34-54)142-69-36-56-37-70(86(69)147-97-87(84(126)83(125)71(45-118)144-97)146-75-42-100(6,89(128)49(4)141-75)110-43-50-12-14-51(15-13-50)52-16-21-57(101)22-17-52)143-68-25-20-55(35-62(68)103)85(145-74-41-99(5,106)88(127)48(3)140-74)81-95(134)114-79(96(135)136)60-38-58(119)39-66(121)76(60)59-33-53(18-23-65(59)120)77(92(131)116-81)113-93(132)78(56)112-90(129)63(40-72(105)122)111-94(80)133/h12-25,33-39,47-49,63-64,71,74-75,77-85,87-89,97,107-110,118-121,124-128H,8-11,26-32,40-46,104,106H2,1-7H3,(H2,105,122)(H,111,133)(H,112,129)(H,113,132)(H,114,134)(H,115,130)(H,116,131)(H,135,136)/t48-,49-,63-,64+,71+,74-,75-,77+,78+,79-,80+,81-,82+,83+,84-,85+,87+,88-,89-,97-,99-,100-/m0/s1. The van der Waals surface area contributed by atoms with Crippen molar-refractivity contribution in [2.24, 2.45) is 23.1 Å². The number of amides is 8. The monoisotopic (exact) mass is 2110 g/mol. The van der Waals surface area contributed by atoms with Crippen LogP contribution in [0.2, 0.25) is 15.1 Å². The van der Waals surface area contributed by atoms with Crippen LogP contribution in [0.15, 0.2) is 127 Å². The lowest BCUT2D eigenvalue weighted by atomic mass is 9.84. The average molecular weight is 2110 g/mol. The summed E-state index contributed by atoms with van der Waals surface area (Å²) in [5.41, 5.74) is 14.8. The molecule has 0 aliphatic carbocycles. The Bertz CT molecular complexity index is 5880. The highest BCUT2D eigenvalue weighted by Crippen LogP contribution is 2.51. The van der Waals surface area contributed by atoms with Gasteiger partial charge in [-0.1, -0.05) is 103 Å². The minimum Gasteiger partial charge on any atom is -0.508 e. The number of aromatic hydroxyl groups is 3. The van der Waals surface area contributed by atoms with Crippen LogP contribution in [0, 0.1) is 5.92 Å². The predicted octanol–water partition coefficient (Wildman–Crippen LogP) is 4.13. The van der Waals surface area contributed by atoms with Crippen molar-refractivity contribution in [1.29, 1.82) is 0 Å². The first-order chi connectivity index (χ1) is 69.9. The number of fused-ring (bicyclic) bond motifs is 15. The van der Waals surface area contributed by atoms with Gasteiger partial charge in [0, 0.05) is 65.3 Å². The van der Waals surface area contributed by atoms with Crippen LogP contribution in [0.5, 0.6) is 46.0 Å². The van der Waals surface area contributed by atoms with Gasteiger partial charge >= 0.3 is 18.0 Å². The second-order valence-electron chi connectivity index (χ2n) is 37.9. The van der Waals surface area contributed by atoms with E-state index in [4.69, 9.17) is 99.4 Å². The number of aliphatic hydroxyl groups is 6. The van der Waals surface area contributed by atoms with E-state index in [1.54, 1.807) is 39.8 Å². The van der Waals surface area contributed by atoms with Gasteiger partial charge in [-0.05, 0) is 211 Å². The van der Waals surface area contributed by atoms with Crippen molar-refractivity contribution in [1.82, 2.24) is 58.1 Å². The van der Waals surface area contributed by atoms with Crippen molar-refractivity contribution >= 4 is 94.2 Å². The molecule has 47 heteroatoms. The van der Waals surface area contributed by atoms with Crippen molar-refractivity contribution < 1.29 is 146 Å². The molecule has 0 aromatic heterocycles. The molecule has 8 amide bonds. The Labute approximate surface area is 860 Å². The molecule has 11 bridgehead atoms. The quantitative estimate of drug-likeness (QED) is 0.0151. The van der Waals surface area contributed by atoms with Crippen LogP contribution in [-0.2, 0) is 82.9 Å². The summed E-state index contributed by atoms with van der Waals surface area (Å²) in [5, 5.41) is 146. The molecule has 0 spiro atoms. The molecule has 44 nitrogen and oxygen atoms in total. The molecule has 15 rings (SSSR count). The van der Waals surface area contributed by atoms with Crippen LogP contribution in [0.1, 0.15) is 157 Å². The Hall–Kier alpha value is -12.0. The van der Waals surface area contributed by atoms with Gasteiger partial charge < -0.3 is 169 Å². The number of nitrogens with zero attached hydrogens (tertiary/aromatic N) is 1. The van der Waals surface area contributed by atoms with Gasteiger partial charge in [0.2, 0.25) is 60.2 Å². The number of ether oxygens (including phenoxy) is 10. The molecule has 8 aliphatic heterocycles. The van der Waals surface area contributed by atoms with Crippen LogP contribution >= 0.6 is 34.8 Å². The van der Waals surface area contributed by atoms with Gasteiger partial charge in [0.15, 0.2) is 36.2 Å². The number of primary amides is 1. The van der Waals surface area contributed by atoms with E-state index in [0.29, 0.717) is 31.1 Å². The number of aliphatic hydroxyl groups excluding tert-OH is 6. The Morgan fingerprint density at radius 1 is 0.612 bits per heavy atom. The molecule has 7 aromatic carbocycles. The molecule has 8 heterocycles. The molecule has 0 saturated carbocycles. The van der Waals surface area contributed by atoms with E-state index >= 15 is 28.8 Å². The zero-order valence-corrected chi connectivity index (χ0v) is 83.7. The number of carboxylic acids is 1. The molecule has 147 heavy (non-hydrogen) atoms. The van der Waals surface area contributed by atoms with Gasteiger partial charge in [0.05, 0.1) is 54.0 Å². The first kappa shape index (κ1) is 112. The van der Waals surface area contributed by atoms with E-state index in [1.807, 2.05) is 36.4 Å². The third-order valence-electron chi connectivity index (χ3n) is 26.2. The van der Waals surface area contributed by atoms with Gasteiger partial charge in [0.25, 0.3) is 0 Å². The number of halogens is 3. The number of likely N-dealkylation sites (N-methyl/N-ethyl adjacent to an activating group) is 1. The number of aliphatic carboxylic acids is 1. The van der Waals surface area contributed by atoms with Crippen LogP contribution in [-0.4, -0.2) is 285 Å². The number of esters is 1. The Morgan fingerprint density at radius 2 is 1.20 bits per heavy atom. The molecular formula is C100H125Cl3N14O30. The van der Waals surface area contributed by atoms with Crippen LogP contribution < -0.4 is 84.6 Å². The molecule has 7 aromatic rings. The van der Waals surface area contributed by atoms with Crippen molar-refractivity contribution in [2.75, 3.05) is 66.3 Å². The largest absolute Gasteiger partial charge is 0.508 e.